The van der Waals surface area contributed by atoms with Crippen molar-refractivity contribution < 1.29 is 14.6 Å². The molecule has 0 spiro atoms. The molecule has 0 aliphatic carbocycles. The minimum Gasteiger partial charge on any atom is -0.502 e. The van der Waals surface area contributed by atoms with Gasteiger partial charge in [-0.25, -0.2) is 0 Å². The van der Waals surface area contributed by atoms with Crippen molar-refractivity contribution in [2.24, 2.45) is 7.05 Å². The molecule has 0 radical (unpaired) electrons. The Hall–Kier alpha value is -3.28. The first-order valence-electron chi connectivity index (χ1n) is 8.24. The van der Waals surface area contributed by atoms with Crippen LogP contribution < -0.4 is 15.6 Å². The van der Waals surface area contributed by atoms with Crippen LogP contribution in [0.25, 0.3) is 10.9 Å². The lowest BCUT2D eigenvalue weighted by Crippen LogP contribution is -2.29. The molecule has 0 aliphatic rings. The van der Waals surface area contributed by atoms with E-state index in [0.29, 0.717) is 23.9 Å². The minimum atomic E-state index is -0.594. The van der Waals surface area contributed by atoms with Gasteiger partial charge in [0, 0.05) is 19.0 Å². The van der Waals surface area contributed by atoms with E-state index in [1.54, 1.807) is 38.4 Å². The average molecular weight is 352 g/mol. The van der Waals surface area contributed by atoms with E-state index in [1.165, 1.54) is 4.57 Å². The van der Waals surface area contributed by atoms with Gasteiger partial charge in [-0.3, -0.25) is 9.59 Å². The third kappa shape index (κ3) is 3.26. The van der Waals surface area contributed by atoms with E-state index in [9.17, 15) is 14.7 Å². The molecule has 0 unspecified atom stereocenters. The maximum Gasteiger partial charge on any atom is 0.293 e. The minimum absolute atomic E-state index is 0.0124. The molecule has 2 aromatic carbocycles. The van der Waals surface area contributed by atoms with Crippen LogP contribution in [0.2, 0.25) is 0 Å². The number of aromatic hydroxyl groups is 1. The lowest BCUT2D eigenvalue weighted by atomic mass is 10.1. The Kier molecular flexibility index (Phi) is 4.93. The van der Waals surface area contributed by atoms with Gasteiger partial charge in [-0.15, -0.1) is 0 Å². The molecule has 134 valence electrons. The number of rotatable bonds is 5. The van der Waals surface area contributed by atoms with Crippen molar-refractivity contribution in [2.45, 2.75) is 6.42 Å². The van der Waals surface area contributed by atoms with Gasteiger partial charge in [0.25, 0.3) is 11.5 Å². The van der Waals surface area contributed by atoms with Crippen molar-refractivity contribution >= 4 is 16.8 Å². The van der Waals surface area contributed by atoms with Crippen molar-refractivity contribution in [1.29, 1.82) is 0 Å². The number of aromatic nitrogens is 1. The number of hydrogen-bond donors (Lipinski definition) is 2. The third-order valence-corrected chi connectivity index (χ3v) is 4.36. The van der Waals surface area contributed by atoms with E-state index in [-0.39, 0.29) is 5.56 Å². The molecule has 6 nitrogen and oxygen atoms in total. The number of ether oxygens (including phenoxy) is 1. The van der Waals surface area contributed by atoms with Crippen LogP contribution in [0.5, 0.6) is 11.5 Å². The number of para-hydroxylation sites is 1. The normalized spacial score (nSPS) is 10.7. The standard InChI is InChI=1S/C20H20N2O4/c1-22-16-6-4-3-5-15(16)17(18(23)20(22)25)19(24)21-12-11-13-7-9-14(26-2)10-8-13/h3-10,23H,11-12H2,1-2H3,(H,21,24). The third-order valence-electron chi connectivity index (χ3n) is 4.36. The first-order chi connectivity index (χ1) is 12.5. The van der Waals surface area contributed by atoms with Crippen molar-refractivity contribution in [3.8, 4) is 11.5 Å². The van der Waals surface area contributed by atoms with Gasteiger partial charge in [0.15, 0.2) is 5.75 Å². The molecule has 0 bridgehead atoms. The highest BCUT2D eigenvalue weighted by Gasteiger charge is 2.20. The number of carbonyl (C=O) groups excluding carboxylic acids is 1. The largest absolute Gasteiger partial charge is 0.502 e. The van der Waals surface area contributed by atoms with Gasteiger partial charge in [0.2, 0.25) is 0 Å². The first-order valence-corrected chi connectivity index (χ1v) is 8.24. The van der Waals surface area contributed by atoms with Crippen LogP contribution in [0.1, 0.15) is 15.9 Å². The van der Waals surface area contributed by atoms with E-state index in [2.05, 4.69) is 5.32 Å². The maximum absolute atomic E-state index is 12.6. The molecule has 0 atom stereocenters. The van der Waals surface area contributed by atoms with E-state index in [4.69, 9.17) is 4.74 Å². The molecule has 0 saturated heterocycles. The molecule has 0 fully saturated rings. The predicted molar refractivity (Wildman–Crippen MR) is 99.9 cm³/mol. The number of benzene rings is 2. The molecule has 2 N–H and O–H groups in total. The van der Waals surface area contributed by atoms with Crippen LogP contribution in [0.15, 0.2) is 53.3 Å². The lowest BCUT2D eigenvalue weighted by molar-refractivity contribution is 0.0953. The topological polar surface area (TPSA) is 80.6 Å². The molecular formula is C20H20N2O4. The van der Waals surface area contributed by atoms with E-state index in [1.807, 2.05) is 24.3 Å². The van der Waals surface area contributed by atoms with Gasteiger partial charge < -0.3 is 19.7 Å². The molecule has 3 rings (SSSR count). The smallest absolute Gasteiger partial charge is 0.293 e. The zero-order valence-corrected chi connectivity index (χ0v) is 14.7. The van der Waals surface area contributed by atoms with Crippen molar-refractivity contribution in [2.75, 3.05) is 13.7 Å². The monoisotopic (exact) mass is 352 g/mol. The second-order valence-electron chi connectivity index (χ2n) is 5.96. The van der Waals surface area contributed by atoms with Gasteiger partial charge in [-0.05, 0) is 30.2 Å². The number of carbonyl (C=O) groups is 1. The molecule has 0 saturated carbocycles. The lowest BCUT2D eigenvalue weighted by Gasteiger charge is -2.12. The Morgan fingerprint density at radius 1 is 1.15 bits per heavy atom. The van der Waals surface area contributed by atoms with E-state index in [0.717, 1.165) is 11.3 Å². The van der Waals surface area contributed by atoms with Crippen LogP contribution in [0.4, 0.5) is 0 Å². The summed E-state index contributed by atoms with van der Waals surface area (Å²) in [6.07, 6.45) is 0.624. The molecule has 26 heavy (non-hydrogen) atoms. The number of nitrogens with zero attached hydrogens (tertiary/aromatic N) is 1. The highest BCUT2D eigenvalue weighted by molar-refractivity contribution is 6.08. The molecule has 1 amide bonds. The molecule has 6 heteroatoms. The van der Waals surface area contributed by atoms with Crippen LogP contribution in [0.3, 0.4) is 0 Å². The van der Waals surface area contributed by atoms with Crippen LogP contribution >= 0.6 is 0 Å². The summed E-state index contributed by atoms with van der Waals surface area (Å²) in [6, 6.07) is 14.6. The Morgan fingerprint density at radius 2 is 1.85 bits per heavy atom. The molecule has 1 aromatic heterocycles. The van der Waals surface area contributed by atoms with Gasteiger partial charge >= 0.3 is 0 Å². The van der Waals surface area contributed by atoms with Gasteiger partial charge in [0.1, 0.15) is 5.75 Å². The van der Waals surface area contributed by atoms with Gasteiger partial charge in [0.05, 0.1) is 18.2 Å². The molecular weight excluding hydrogens is 332 g/mol. The Morgan fingerprint density at radius 3 is 2.54 bits per heavy atom. The van der Waals surface area contributed by atoms with E-state index < -0.39 is 17.2 Å². The second-order valence-corrected chi connectivity index (χ2v) is 5.96. The van der Waals surface area contributed by atoms with Crippen LogP contribution in [-0.4, -0.2) is 29.2 Å². The fourth-order valence-corrected chi connectivity index (χ4v) is 2.91. The van der Waals surface area contributed by atoms with Gasteiger partial charge in [-0.1, -0.05) is 30.3 Å². The van der Waals surface area contributed by atoms with Crippen molar-refractivity contribution in [3.05, 3.63) is 70.0 Å². The predicted octanol–water partition coefficient (Wildman–Crippen LogP) is 2.23. The summed E-state index contributed by atoms with van der Waals surface area (Å²) in [5.41, 5.74) is 1.06. The summed E-state index contributed by atoms with van der Waals surface area (Å²) in [7, 11) is 3.17. The summed E-state index contributed by atoms with van der Waals surface area (Å²) in [5, 5.41) is 13.5. The number of fused-ring (bicyclic) bond motifs is 1. The fraction of sp³-hybridized carbons (Fsp3) is 0.200. The maximum atomic E-state index is 12.6. The second kappa shape index (κ2) is 7.31. The SMILES string of the molecule is COc1ccc(CCNC(=O)c2c(O)c(=O)n(C)c3ccccc23)cc1. The summed E-state index contributed by atoms with van der Waals surface area (Å²) < 4.78 is 6.45. The quantitative estimate of drug-likeness (QED) is 0.738. The summed E-state index contributed by atoms with van der Waals surface area (Å²) in [6.45, 7) is 0.383. The number of hydrogen-bond acceptors (Lipinski definition) is 4. The van der Waals surface area contributed by atoms with Crippen molar-refractivity contribution in [3.63, 3.8) is 0 Å². The zero-order chi connectivity index (χ0) is 18.7. The number of aryl methyl sites for hydroxylation is 1. The number of nitrogens with one attached hydrogen (secondary N) is 1. The zero-order valence-electron chi connectivity index (χ0n) is 14.7. The summed E-state index contributed by atoms with van der Waals surface area (Å²) in [5.74, 6) is -0.229. The van der Waals surface area contributed by atoms with Gasteiger partial charge in [-0.2, -0.15) is 0 Å². The summed E-state index contributed by atoms with van der Waals surface area (Å²) in [4.78, 5) is 24.8. The van der Waals surface area contributed by atoms with Crippen LogP contribution in [-0.2, 0) is 13.5 Å². The molecule has 3 aromatic rings. The Balaban J connectivity index is 1.80. The number of methoxy groups -OCH3 is 1. The van der Waals surface area contributed by atoms with E-state index >= 15 is 0 Å². The summed E-state index contributed by atoms with van der Waals surface area (Å²) >= 11 is 0. The molecule has 1 heterocycles. The average Bonchev–Trinajstić information content (AvgIpc) is 2.67. The van der Waals surface area contributed by atoms with Crippen LogP contribution in [0, 0.1) is 0 Å². The Labute approximate surface area is 150 Å². The first kappa shape index (κ1) is 17.5. The molecule has 0 aliphatic heterocycles. The number of amides is 1. The Bertz CT molecular complexity index is 1010. The number of pyridine rings is 1. The fourth-order valence-electron chi connectivity index (χ4n) is 2.91. The highest BCUT2D eigenvalue weighted by atomic mass is 16.5. The highest BCUT2D eigenvalue weighted by Crippen LogP contribution is 2.23. The van der Waals surface area contributed by atoms with Crippen molar-refractivity contribution in [1.82, 2.24) is 9.88 Å².